The van der Waals surface area contributed by atoms with Crippen molar-refractivity contribution in [3.8, 4) is 22.9 Å². The highest BCUT2D eigenvalue weighted by Gasteiger charge is 2.31. The van der Waals surface area contributed by atoms with Gasteiger partial charge in [-0.25, -0.2) is 0 Å². The van der Waals surface area contributed by atoms with Gasteiger partial charge in [-0.15, -0.1) is 0 Å². The summed E-state index contributed by atoms with van der Waals surface area (Å²) >= 11 is 6.39. The summed E-state index contributed by atoms with van der Waals surface area (Å²) in [6, 6.07) is 22.6. The summed E-state index contributed by atoms with van der Waals surface area (Å²) in [6.45, 7) is 0.717. The first kappa shape index (κ1) is 20.0. The molecule has 0 unspecified atom stereocenters. The van der Waals surface area contributed by atoms with Gasteiger partial charge < -0.3 is 9.64 Å². The molecule has 1 aliphatic rings. The van der Waals surface area contributed by atoms with Gasteiger partial charge in [0.05, 0.1) is 24.8 Å². The summed E-state index contributed by atoms with van der Waals surface area (Å²) in [5.74, 6) is 0.688. The number of benzene rings is 3. The molecule has 150 valence electrons. The predicted octanol–water partition coefficient (Wildman–Crippen LogP) is 5.86. The van der Waals surface area contributed by atoms with Gasteiger partial charge in [0.1, 0.15) is 5.75 Å². The Bertz CT molecular complexity index is 1120. The van der Waals surface area contributed by atoms with Crippen LogP contribution in [-0.4, -0.2) is 24.5 Å². The Morgan fingerprint density at radius 2 is 1.90 bits per heavy atom. The zero-order chi connectivity index (χ0) is 21.1. The quantitative estimate of drug-likeness (QED) is 0.534. The Balaban J connectivity index is 1.61. The number of ether oxygens (including phenoxy) is 1. The lowest BCUT2D eigenvalue weighted by atomic mass is 10.00. The molecule has 0 N–H and O–H groups in total. The molecular weight excluding hydrogens is 396 g/mol. The Morgan fingerprint density at radius 1 is 1.13 bits per heavy atom. The van der Waals surface area contributed by atoms with E-state index in [1.165, 1.54) is 0 Å². The van der Waals surface area contributed by atoms with Gasteiger partial charge in [0.2, 0.25) is 0 Å². The van der Waals surface area contributed by atoms with Gasteiger partial charge in [-0.2, -0.15) is 5.26 Å². The predicted molar refractivity (Wildman–Crippen MR) is 118 cm³/mol. The van der Waals surface area contributed by atoms with E-state index in [-0.39, 0.29) is 11.9 Å². The maximum Gasteiger partial charge on any atom is 0.254 e. The fourth-order valence-electron chi connectivity index (χ4n) is 4.04. The third-order valence-electron chi connectivity index (χ3n) is 5.55. The molecule has 0 aliphatic carbocycles. The Hall–Kier alpha value is -3.29. The molecule has 0 aromatic heterocycles. The fraction of sp³-hybridized carbons (Fsp3) is 0.200. The highest BCUT2D eigenvalue weighted by atomic mass is 35.5. The van der Waals surface area contributed by atoms with Crippen molar-refractivity contribution < 1.29 is 9.53 Å². The lowest BCUT2D eigenvalue weighted by molar-refractivity contribution is 0.0736. The second kappa shape index (κ2) is 8.61. The van der Waals surface area contributed by atoms with Crippen LogP contribution in [0.1, 0.15) is 40.4 Å². The van der Waals surface area contributed by atoms with Gasteiger partial charge in [-0.3, -0.25) is 4.79 Å². The molecule has 1 aliphatic heterocycles. The molecular formula is C25H21ClN2O2. The summed E-state index contributed by atoms with van der Waals surface area (Å²) in [4.78, 5) is 15.1. The van der Waals surface area contributed by atoms with E-state index < -0.39 is 0 Å². The van der Waals surface area contributed by atoms with Crippen molar-refractivity contribution in [3.05, 3.63) is 88.4 Å². The summed E-state index contributed by atoms with van der Waals surface area (Å²) in [5, 5.41) is 9.89. The maximum absolute atomic E-state index is 13.2. The van der Waals surface area contributed by atoms with Crippen molar-refractivity contribution >= 4 is 17.5 Å². The van der Waals surface area contributed by atoms with Crippen molar-refractivity contribution in [2.24, 2.45) is 0 Å². The van der Waals surface area contributed by atoms with E-state index in [1.54, 1.807) is 25.3 Å². The van der Waals surface area contributed by atoms with Gasteiger partial charge >= 0.3 is 0 Å². The van der Waals surface area contributed by atoms with Crippen molar-refractivity contribution in [2.75, 3.05) is 13.7 Å². The van der Waals surface area contributed by atoms with Crippen LogP contribution in [0.4, 0.5) is 0 Å². The van der Waals surface area contributed by atoms with Crippen LogP contribution in [0, 0.1) is 11.3 Å². The van der Waals surface area contributed by atoms with Crippen LogP contribution in [0.15, 0.2) is 66.7 Å². The Kier molecular flexibility index (Phi) is 5.74. The number of halogens is 1. The zero-order valence-corrected chi connectivity index (χ0v) is 17.4. The lowest BCUT2D eigenvalue weighted by Crippen LogP contribution is -2.30. The molecule has 0 radical (unpaired) electrons. The minimum absolute atomic E-state index is 0.00158. The second-order valence-electron chi connectivity index (χ2n) is 7.28. The Morgan fingerprint density at radius 3 is 2.60 bits per heavy atom. The molecule has 0 bridgehead atoms. The first-order valence-electron chi connectivity index (χ1n) is 9.86. The molecule has 1 atom stereocenters. The van der Waals surface area contributed by atoms with Gasteiger partial charge in [-0.05, 0) is 60.4 Å². The third-order valence-corrected chi connectivity index (χ3v) is 5.89. The van der Waals surface area contributed by atoms with Crippen LogP contribution in [0.25, 0.3) is 11.1 Å². The second-order valence-corrected chi connectivity index (χ2v) is 7.69. The molecule has 0 saturated carbocycles. The number of likely N-dealkylation sites (tertiary alicyclic amines) is 1. The molecule has 3 aromatic carbocycles. The number of hydrogen-bond donors (Lipinski definition) is 0. The van der Waals surface area contributed by atoms with E-state index in [1.807, 2.05) is 53.4 Å². The van der Waals surface area contributed by atoms with Gasteiger partial charge in [0.25, 0.3) is 5.91 Å². The zero-order valence-electron chi connectivity index (χ0n) is 16.6. The number of carbonyl (C=O) groups is 1. The first-order valence-corrected chi connectivity index (χ1v) is 10.2. The summed E-state index contributed by atoms with van der Waals surface area (Å²) in [7, 11) is 1.60. The Labute approximate surface area is 181 Å². The summed E-state index contributed by atoms with van der Waals surface area (Å²) in [6.07, 6.45) is 1.86. The van der Waals surface area contributed by atoms with E-state index >= 15 is 0 Å². The minimum Gasteiger partial charge on any atom is -0.496 e. The normalized spacial score (nSPS) is 15.6. The fourth-order valence-corrected chi connectivity index (χ4v) is 4.30. The lowest BCUT2D eigenvalue weighted by Gasteiger charge is -2.26. The third kappa shape index (κ3) is 3.77. The van der Waals surface area contributed by atoms with Crippen molar-refractivity contribution in [3.63, 3.8) is 0 Å². The highest BCUT2D eigenvalue weighted by Crippen LogP contribution is 2.37. The average Bonchev–Trinajstić information content (AvgIpc) is 3.28. The van der Waals surface area contributed by atoms with Gasteiger partial charge in [-0.1, -0.05) is 41.9 Å². The van der Waals surface area contributed by atoms with Crippen LogP contribution < -0.4 is 4.74 Å². The van der Waals surface area contributed by atoms with E-state index in [0.29, 0.717) is 28.4 Å². The first-order chi connectivity index (χ1) is 14.6. The molecule has 1 fully saturated rings. The average molecular weight is 417 g/mol. The van der Waals surface area contributed by atoms with E-state index in [2.05, 4.69) is 6.07 Å². The molecule has 4 nitrogen and oxygen atoms in total. The SMILES string of the molecule is COc1ccc(C#N)cc1-c1ccc(C(=O)N2CCC[C@@H]2c2ccccc2Cl)cc1. The number of carbonyl (C=O) groups excluding carboxylic acids is 1. The number of rotatable bonds is 4. The number of amides is 1. The van der Waals surface area contributed by atoms with Crippen LogP contribution in [0.5, 0.6) is 5.75 Å². The van der Waals surface area contributed by atoms with Crippen molar-refractivity contribution in [1.29, 1.82) is 5.26 Å². The molecule has 5 heteroatoms. The summed E-state index contributed by atoms with van der Waals surface area (Å²) < 4.78 is 5.44. The molecule has 4 rings (SSSR count). The standard InChI is InChI=1S/C25H21ClN2O2/c1-30-24-13-8-17(16-27)15-21(24)18-9-11-19(12-10-18)25(29)28-14-4-7-23(28)20-5-2-3-6-22(20)26/h2-3,5-6,8-13,15,23H,4,7,14H2,1H3/t23-/m1/s1. The van der Waals surface area contributed by atoms with Gasteiger partial charge in [0.15, 0.2) is 0 Å². The minimum atomic E-state index is -0.00159. The molecule has 1 amide bonds. The van der Waals surface area contributed by atoms with Gasteiger partial charge in [0, 0.05) is 22.7 Å². The number of methoxy groups -OCH3 is 1. The molecule has 1 saturated heterocycles. The molecule has 0 spiro atoms. The number of hydrogen-bond acceptors (Lipinski definition) is 3. The monoisotopic (exact) mass is 416 g/mol. The van der Waals surface area contributed by atoms with E-state index in [4.69, 9.17) is 16.3 Å². The summed E-state index contributed by atoms with van der Waals surface area (Å²) in [5.41, 5.74) is 3.91. The van der Waals surface area contributed by atoms with Crippen LogP contribution in [0.3, 0.4) is 0 Å². The van der Waals surface area contributed by atoms with Crippen LogP contribution in [0.2, 0.25) is 5.02 Å². The van der Waals surface area contributed by atoms with Crippen LogP contribution >= 0.6 is 11.6 Å². The number of nitrogens with zero attached hydrogens (tertiary/aromatic N) is 2. The molecule has 3 aromatic rings. The molecule has 1 heterocycles. The highest BCUT2D eigenvalue weighted by molar-refractivity contribution is 6.31. The maximum atomic E-state index is 13.2. The topological polar surface area (TPSA) is 53.3 Å². The smallest absolute Gasteiger partial charge is 0.254 e. The largest absolute Gasteiger partial charge is 0.496 e. The van der Waals surface area contributed by atoms with Crippen LogP contribution in [-0.2, 0) is 0 Å². The number of nitriles is 1. The van der Waals surface area contributed by atoms with Crippen molar-refractivity contribution in [2.45, 2.75) is 18.9 Å². The van der Waals surface area contributed by atoms with E-state index in [0.717, 1.165) is 29.5 Å². The van der Waals surface area contributed by atoms with E-state index in [9.17, 15) is 10.1 Å². The van der Waals surface area contributed by atoms with Crippen molar-refractivity contribution in [1.82, 2.24) is 4.90 Å². The molecule has 30 heavy (non-hydrogen) atoms.